The molecule has 26 heavy (non-hydrogen) atoms. The summed E-state index contributed by atoms with van der Waals surface area (Å²) >= 11 is 0. The van der Waals surface area contributed by atoms with Crippen molar-refractivity contribution in [2.45, 2.75) is 44.1 Å². The molecule has 0 radical (unpaired) electrons. The molecular formula is C22H29ClN2O. The average Bonchev–Trinajstić information content (AvgIpc) is 2.66. The van der Waals surface area contributed by atoms with Gasteiger partial charge in [0.25, 0.3) is 0 Å². The molecule has 1 saturated carbocycles. The standard InChI is InChI=1S/C22H28N2O.ClH/c23-21-13-7-12-19(15-21)22(25)24-16-20(18-10-5-2-6-11-18)14-17-8-3-1-4-9-17;/h1-6,8-11,19-21H,7,12-16,23H2,(H,24,25);1H. The van der Waals surface area contributed by atoms with Crippen LogP contribution in [-0.2, 0) is 11.2 Å². The Kier molecular flexibility index (Phi) is 8.14. The van der Waals surface area contributed by atoms with E-state index in [2.05, 4.69) is 53.8 Å². The van der Waals surface area contributed by atoms with Gasteiger partial charge in [-0.25, -0.2) is 0 Å². The van der Waals surface area contributed by atoms with Crippen LogP contribution < -0.4 is 11.1 Å². The molecule has 0 saturated heterocycles. The van der Waals surface area contributed by atoms with Crippen molar-refractivity contribution in [2.75, 3.05) is 6.54 Å². The lowest BCUT2D eigenvalue weighted by Crippen LogP contribution is -2.39. The number of nitrogens with one attached hydrogen (secondary N) is 1. The van der Waals surface area contributed by atoms with Gasteiger partial charge in [-0.05, 0) is 36.8 Å². The van der Waals surface area contributed by atoms with E-state index in [1.165, 1.54) is 11.1 Å². The Labute approximate surface area is 162 Å². The Morgan fingerprint density at radius 2 is 1.69 bits per heavy atom. The Morgan fingerprint density at radius 1 is 1.04 bits per heavy atom. The average molecular weight is 373 g/mol. The second kappa shape index (κ2) is 10.3. The lowest BCUT2D eigenvalue weighted by Gasteiger charge is -2.27. The number of benzene rings is 2. The number of rotatable bonds is 6. The van der Waals surface area contributed by atoms with Gasteiger partial charge in [-0.1, -0.05) is 67.1 Å². The molecule has 4 heteroatoms. The molecule has 2 aromatic rings. The second-order valence-electron chi connectivity index (χ2n) is 7.17. The highest BCUT2D eigenvalue weighted by Crippen LogP contribution is 2.24. The maximum atomic E-state index is 12.6. The van der Waals surface area contributed by atoms with Crippen molar-refractivity contribution >= 4 is 18.3 Å². The SMILES string of the molecule is Cl.NC1CCCC(C(=O)NCC(Cc2ccccc2)c2ccccc2)C1. The van der Waals surface area contributed by atoms with E-state index >= 15 is 0 Å². The predicted molar refractivity (Wildman–Crippen MR) is 110 cm³/mol. The Bertz CT molecular complexity index is 662. The maximum absolute atomic E-state index is 12.6. The molecule has 1 aliphatic rings. The van der Waals surface area contributed by atoms with Crippen LogP contribution in [0.15, 0.2) is 60.7 Å². The summed E-state index contributed by atoms with van der Waals surface area (Å²) in [6, 6.07) is 21.1. The number of carbonyl (C=O) groups excluding carboxylic acids is 1. The first-order chi connectivity index (χ1) is 12.2. The van der Waals surface area contributed by atoms with Gasteiger partial charge in [-0.3, -0.25) is 4.79 Å². The van der Waals surface area contributed by atoms with Crippen molar-refractivity contribution in [3.8, 4) is 0 Å². The fourth-order valence-corrected chi connectivity index (χ4v) is 3.77. The van der Waals surface area contributed by atoms with E-state index in [0.29, 0.717) is 6.54 Å². The van der Waals surface area contributed by atoms with Gasteiger partial charge in [0.15, 0.2) is 0 Å². The van der Waals surface area contributed by atoms with E-state index in [1.807, 2.05) is 12.1 Å². The Balaban J connectivity index is 0.00000243. The molecule has 0 spiro atoms. The first-order valence-electron chi connectivity index (χ1n) is 9.34. The van der Waals surface area contributed by atoms with E-state index in [0.717, 1.165) is 32.1 Å². The van der Waals surface area contributed by atoms with Gasteiger partial charge in [0.2, 0.25) is 5.91 Å². The fourth-order valence-electron chi connectivity index (χ4n) is 3.77. The summed E-state index contributed by atoms with van der Waals surface area (Å²) in [5, 5.41) is 3.20. The molecular weight excluding hydrogens is 344 g/mol. The third-order valence-corrected chi connectivity index (χ3v) is 5.20. The van der Waals surface area contributed by atoms with Crippen LogP contribution in [0.3, 0.4) is 0 Å². The Morgan fingerprint density at radius 3 is 2.35 bits per heavy atom. The fraction of sp³-hybridized carbons (Fsp3) is 0.409. The molecule has 3 atom stereocenters. The lowest BCUT2D eigenvalue weighted by molar-refractivity contribution is -0.126. The highest BCUT2D eigenvalue weighted by Gasteiger charge is 2.25. The summed E-state index contributed by atoms with van der Waals surface area (Å²) in [7, 11) is 0. The normalized spacial score (nSPS) is 20.7. The summed E-state index contributed by atoms with van der Waals surface area (Å²) < 4.78 is 0. The number of hydrogen-bond donors (Lipinski definition) is 2. The van der Waals surface area contributed by atoms with Crippen LogP contribution in [0.1, 0.15) is 42.7 Å². The molecule has 0 aliphatic heterocycles. The first-order valence-corrected chi connectivity index (χ1v) is 9.34. The lowest BCUT2D eigenvalue weighted by atomic mass is 9.85. The van der Waals surface area contributed by atoms with Gasteiger partial charge < -0.3 is 11.1 Å². The van der Waals surface area contributed by atoms with Gasteiger partial charge in [0.1, 0.15) is 0 Å². The van der Waals surface area contributed by atoms with Crippen molar-refractivity contribution in [3.63, 3.8) is 0 Å². The Hall–Kier alpha value is -1.84. The minimum absolute atomic E-state index is 0. The molecule has 3 unspecified atom stereocenters. The summed E-state index contributed by atoms with van der Waals surface area (Å²) in [4.78, 5) is 12.6. The van der Waals surface area contributed by atoms with Gasteiger partial charge >= 0.3 is 0 Å². The molecule has 1 aliphatic carbocycles. The predicted octanol–water partition coefficient (Wildman–Crippen LogP) is 4.07. The van der Waals surface area contributed by atoms with Gasteiger partial charge in [-0.2, -0.15) is 0 Å². The van der Waals surface area contributed by atoms with Crippen molar-refractivity contribution in [2.24, 2.45) is 11.7 Å². The van der Waals surface area contributed by atoms with Gasteiger partial charge in [0, 0.05) is 24.4 Å². The summed E-state index contributed by atoms with van der Waals surface area (Å²) in [6.07, 6.45) is 4.82. The van der Waals surface area contributed by atoms with Crippen molar-refractivity contribution in [3.05, 3.63) is 71.8 Å². The number of halogens is 1. The van der Waals surface area contributed by atoms with Crippen LogP contribution in [-0.4, -0.2) is 18.5 Å². The third kappa shape index (κ3) is 5.86. The molecule has 0 aromatic heterocycles. The van der Waals surface area contributed by atoms with E-state index in [9.17, 15) is 4.79 Å². The molecule has 2 aromatic carbocycles. The van der Waals surface area contributed by atoms with E-state index in [4.69, 9.17) is 5.73 Å². The van der Waals surface area contributed by atoms with E-state index < -0.39 is 0 Å². The molecule has 0 bridgehead atoms. The smallest absolute Gasteiger partial charge is 0.223 e. The number of hydrogen-bond acceptors (Lipinski definition) is 2. The molecule has 3 N–H and O–H groups in total. The molecule has 1 fully saturated rings. The summed E-state index contributed by atoms with van der Waals surface area (Å²) in [5.74, 6) is 0.533. The van der Waals surface area contributed by atoms with Gasteiger partial charge in [0.05, 0.1) is 0 Å². The van der Waals surface area contributed by atoms with Crippen LogP contribution >= 0.6 is 12.4 Å². The zero-order chi connectivity index (χ0) is 17.5. The highest BCUT2D eigenvalue weighted by molar-refractivity contribution is 5.85. The number of carbonyl (C=O) groups is 1. The molecule has 1 amide bonds. The second-order valence-corrected chi connectivity index (χ2v) is 7.17. The monoisotopic (exact) mass is 372 g/mol. The summed E-state index contributed by atoms with van der Waals surface area (Å²) in [6.45, 7) is 0.670. The van der Waals surface area contributed by atoms with Crippen molar-refractivity contribution in [1.29, 1.82) is 0 Å². The molecule has 3 rings (SSSR count). The van der Waals surface area contributed by atoms with Crippen LogP contribution in [0.5, 0.6) is 0 Å². The van der Waals surface area contributed by atoms with E-state index in [-0.39, 0.29) is 36.2 Å². The minimum Gasteiger partial charge on any atom is -0.355 e. The van der Waals surface area contributed by atoms with Crippen molar-refractivity contribution < 1.29 is 4.79 Å². The number of amides is 1. The molecule has 0 heterocycles. The zero-order valence-electron chi connectivity index (χ0n) is 15.1. The van der Waals surface area contributed by atoms with Crippen LogP contribution in [0.2, 0.25) is 0 Å². The third-order valence-electron chi connectivity index (χ3n) is 5.20. The molecule has 3 nitrogen and oxygen atoms in total. The highest BCUT2D eigenvalue weighted by atomic mass is 35.5. The quantitative estimate of drug-likeness (QED) is 0.803. The maximum Gasteiger partial charge on any atom is 0.223 e. The van der Waals surface area contributed by atoms with Crippen LogP contribution in [0.4, 0.5) is 0 Å². The first kappa shape index (κ1) is 20.5. The number of nitrogens with two attached hydrogens (primary N) is 1. The zero-order valence-corrected chi connectivity index (χ0v) is 16.0. The molecule has 140 valence electrons. The van der Waals surface area contributed by atoms with Crippen molar-refractivity contribution in [1.82, 2.24) is 5.32 Å². The summed E-state index contributed by atoms with van der Waals surface area (Å²) in [5.41, 5.74) is 8.60. The van der Waals surface area contributed by atoms with Gasteiger partial charge in [-0.15, -0.1) is 12.4 Å². The topological polar surface area (TPSA) is 55.1 Å². The minimum atomic E-state index is 0. The largest absolute Gasteiger partial charge is 0.355 e. The van der Waals surface area contributed by atoms with Crippen LogP contribution in [0, 0.1) is 5.92 Å². The van der Waals surface area contributed by atoms with E-state index in [1.54, 1.807) is 0 Å². The van der Waals surface area contributed by atoms with Crippen LogP contribution in [0.25, 0.3) is 0 Å².